The van der Waals surface area contributed by atoms with E-state index < -0.39 is 0 Å². The second-order valence-corrected chi connectivity index (χ2v) is 9.72. The molecular weight excluding hydrogens is 438 g/mol. The van der Waals surface area contributed by atoms with E-state index in [2.05, 4.69) is 14.1 Å². The number of anilines is 1. The van der Waals surface area contributed by atoms with Crippen molar-refractivity contribution in [2.24, 2.45) is 0 Å². The van der Waals surface area contributed by atoms with Crippen LogP contribution in [0.1, 0.15) is 30.2 Å². The number of rotatable bonds is 6. The number of hydrogen-bond donors (Lipinski definition) is 1. The van der Waals surface area contributed by atoms with Crippen LogP contribution in [0.15, 0.2) is 28.2 Å². The van der Waals surface area contributed by atoms with Gasteiger partial charge in [-0.1, -0.05) is 24.8 Å². The summed E-state index contributed by atoms with van der Waals surface area (Å²) in [5.74, 6) is 0.00678. The van der Waals surface area contributed by atoms with E-state index in [0.29, 0.717) is 22.9 Å². The van der Waals surface area contributed by atoms with Crippen molar-refractivity contribution >= 4 is 67.7 Å². The molecule has 1 amide bonds. The molecule has 0 unspecified atom stereocenters. The van der Waals surface area contributed by atoms with Crippen molar-refractivity contribution in [2.45, 2.75) is 44.3 Å². The summed E-state index contributed by atoms with van der Waals surface area (Å²) in [6.45, 7) is 2.64. The van der Waals surface area contributed by atoms with E-state index in [-0.39, 0.29) is 17.2 Å². The monoisotopic (exact) mass is 457 g/mol. The Hall–Kier alpha value is -2.30. The van der Waals surface area contributed by atoms with Crippen molar-refractivity contribution in [3.63, 3.8) is 0 Å². The minimum absolute atomic E-state index is 0.0301. The lowest BCUT2D eigenvalue weighted by Gasteiger charge is -2.11. The highest BCUT2D eigenvalue weighted by Gasteiger charge is 2.23. The third-order valence-electron chi connectivity index (χ3n) is 5.13. The predicted octanol–water partition coefficient (Wildman–Crippen LogP) is 4.09. The number of carbonyl (C=O) groups excluding carboxylic acids is 1. The van der Waals surface area contributed by atoms with Crippen molar-refractivity contribution in [3.8, 4) is 0 Å². The summed E-state index contributed by atoms with van der Waals surface area (Å²) in [6, 6.07) is 5.53. The second-order valence-electron chi connectivity index (χ2n) is 7.16. The van der Waals surface area contributed by atoms with Gasteiger partial charge in [0.15, 0.2) is 5.16 Å². The molecule has 7 nitrogen and oxygen atoms in total. The summed E-state index contributed by atoms with van der Waals surface area (Å²) in [7, 11) is 0. The smallest absolute Gasteiger partial charge is 0.263 e. The van der Waals surface area contributed by atoms with Crippen LogP contribution in [-0.4, -0.2) is 30.0 Å². The highest BCUT2D eigenvalue weighted by atomic mass is 32.2. The highest BCUT2D eigenvalue weighted by molar-refractivity contribution is 7.99. The van der Waals surface area contributed by atoms with Gasteiger partial charge in [-0.05, 0) is 43.4 Å². The van der Waals surface area contributed by atoms with Gasteiger partial charge in [-0.15, -0.1) is 11.3 Å². The summed E-state index contributed by atoms with van der Waals surface area (Å²) in [5, 5.41) is 4.31. The first kappa shape index (κ1) is 19.7. The first-order valence-electron chi connectivity index (χ1n) is 9.84. The Morgan fingerprint density at radius 3 is 3.07 bits per heavy atom. The molecule has 1 aliphatic rings. The molecule has 0 fully saturated rings. The molecule has 154 valence electrons. The minimum Gasteiger partial charge on any atom is -0.323 e. The summed E-state index contributed by atoms with van der Waals surface area (Å²) in [6.07, 6.45) is 3.94. The zero-order chi connectivity index (χ0) is 20.7. The minimum atomic E-state index is -0.161. The summed E-state index contributed by atoms with van der Waals surface area (Å²) >= 11 is 4.05. The normalized spacial score (nSPS) is 13.2. The molecule has 30 heavy (non-hydrogen) atoms. The molecule has 1 N–H and O–H groups in total. The summed E-state index contributed by atoms with van der Waals surface area (Å²) in [5.41, 5.74) is 3.33. The van der Waals surface area contributed by atoms with Crippen LogP contribution in [0, 0.1) is 0 Å². The van der Waals surface area contributed by atoms with Gasteiger partial charge in [0, 0.05) is 11.4 Å². The van der Waals surface area contributed by atoms with Crippen LogP contribution in [0.3, 0.4) is 0 Å². The van der Waals surface area contributed by atoms with Crippen molar-refractivity contribution < 1.29 is 4.79 Å². The molecule has 10 heteroatoms. The number of thiophene rings is 1. The SMILES string of the molecule is CCCn1c(SCC(=O)Nc2cccc3nsnc23)nc2sc3c(c2c1=O)CCC3. The van der Waals surface area contributed by atoms with Gasteiger partial charge in [-0.3, -0.25) is 14.2 Å². The van der Waals surface area contributed by atoms with E-state index in [9.17, 15) is 9.59 Å². The first-order valence-corrected chi connectivity index (χ1v) is 12.4. The zero-order valence-electron chi connectivity index (χ0n) is 16.3. The van der Waals surface area contributed by atoms with E-state index in [1.807, 2.05) is 25.1 Å². The molecule has 5 rings (SSSR count). The molecule has 0 aliphatic heterocycles. The van der Waals surface area contributed by atoms with Crippen LogP contribution >= 0.6 is 34.8 Å². The van der Waals surface area contributed by atoms with E-state index in [0.717, 1.165) is 53.1 Å². The maximum absolute atomic E-state index is 13.2. The van der Waals surface area contributed by atoms with E-state index in [1.165, 1.54) is 22.2 Å². The van der Waals surface area contributed by atoms with Gasteiger partial charge in [0.1, 0.15) is 15.9 Å². The standard InChI is InChI=1S/C20H19N5O2S3/c1-2-9-25-19(27)16-11-5-3-8-14(11)29-18(16)22-20(25)28-10-15(26)21-12-6-4-7-13-17(12)24-30-23-13/h4,6-7H,2-3,5,8-10H2,1H3,(H,21,26). The van der Waals surface area contributed by atoms with Gasteiger partial charge in [0.05, 0.1) is 28.6 Å². The Labute approximate surface area is 184 Å². The van der Waals surface area contributed by atoms with Gasteiger partial charge in [0.25, 0.3) is 5.56 Å². The van der Waals surface area contributed by atoms with Crippen LogP contribution in [0.25, 0.3) is 21.3 Å². The number of nitrogens with zero attached hydrogens (tertiary/aromatic N) is 4. The number of aromatic nitrogens is 4. The molecule has 3 aromatic heterocycles. The number of aryl methyl sites for hydroxylation is 2. The van der Waals surface area contributed by atoms with Gasteiger partial charge in [-0.2, -0.15) is 8.75 Å². The lowest BCUT2D eigenvalue weighted by Crippen LogP contribution is -2.24. The zero-order valence-corrected chi connectivity index (χ0v) is 18.8. The van der Waals surface area contributed by atoms with Gasteiger partial charge in [0.2, 0.25) is 5.91 Å². The Kier molecular flexibility index (Phi) is 5.30. The Morgan fingerprint density at radius 1 is 1.30 bits per heavy atom. The average Bonchev–Trinajstić information content (AvgIpc) is 3.44. The number of thioether (sulfide) groups is 1. The Morgan fingerprint density at radius 2 is 2.20 bits per heavy atom. The van der Waals surface area contributed by atoms with Crippen LogP contribution in [0.5, 0.6) is 0 Å². The second kappa shape index (κ2) is 8.09. The lowest BCUT2D eigenvalue weighted by atomic mass is 10.2. The molecule has 0 atom stereocenters. The number of benzene rings is 1. The van der Waals surface area contributed by atoms with Gasteiger partial charge >= 0.3 is 0 Å². The Balaban J connectivity index is 1.40. The number of amides is 1. The third-order valence-corrected chi connectivity index (χ3v) is 7.83. The van der Waals surface area contributed by atoms with Gasteiger partial charge in [-0.25, -0.2) is 4.98 Å². The number of fused-ring (bicyclic) bond motifs is 4. The maximum Gasteiger partial charge on any atom is 0.263 e. The predicted molar refractivity (Wildman–Crippen MR) is 123 cm³/mol. The topological polar surface area (TPSA) is 89.8 Å². The fraction of sp³-hybridized carbons (Fsp3) is 0.350. The molecule has 0 radical (unpaired) electrons. The van der Waals surface area contributed by atoms with Crippen LogP contribution in [0.4, 0.5) is 5.69 Å². The van der Waals surface area contributed by atoms with E-state index in [4.69, 9.17) is 4.98 Å². The molecule has 4 aromatic rings. The van der Waals surface area contributed by atoms with E-state index >= 15 is 0 Å². The van der Waals surface area contributed by atoms with Crippen molar-refractivity contribution in [3.05, 3.63) is 39.0 Å². The van der Waals surface area contributed by atoms with E-state index in [1.54, 1.807) is 15.9 Å². The molecule has 1 aromatic carbocycles. The van der Waals surface area contributed by atoms with Crippen molar-refractivity contribution in [1.82, 2.24) is 18.3 Å². The molecular formula is C20H19N5O2S3. The van der Waals surface area contributed by atoms with Crippen LogP contribution in [-0.2, 0) is 24.2 Å². The van der Waals surface area contributed by atoms with Crippen molar-refractivity contribution in [2.75, 3.05) is 11.1 Å². The fourth-order valence-electron chi connectivity index (χ4n) is 3.81. The first-order chi connectivity index (χ1) is 14.7. The molecule has 0 bridgehead atoms. The lowest BCUT2D eigenvalue weighted by molar-refractivity contribution is -0.113. The third kappa shape index (κ3) is 3.42. The number of hydrogen-bond acceptors (Lipinski definition) is 8. The maximum atomic E-state index is 13.2. The Bertz CT molecular complexity index is 1320. The molecule has 3 heterocycles. The van der Waals surface area contributed by atoms with Gasteiger partial charge < -0.3 is 5.32 Å². The quantitative estimate of drug-likeness (QED) is 0.346. The summed E-state index contributed by atoms with van der Waals surface area (Å²) in [4.78, 5) is 32.7. The molecule has 1 aliphatic carbocycles. The average molecular weight is 458 g/mol. The van der Waals surface area contributed by atoms with Crippen LogP contribution < -0.4 is 10.9 Å². The molecule has 0 saturated heterocycles. The molecule has 0 spiro atoms. The molecule has 0 saturated carbocycles. The number of nitrogens with one attached hydrogen (secondary N) is 1. The highest BCUT2D eigenvalue weighted by Crippen LogP contribution is 2.35. The largest absolute Gasteiger partial charge is 0.323 e. The van der Waals surface area contributed by atoms with Crippen LogP contribution in [0.2, 0.25) is 0 Å². The fourth-order valence-corrected chi connectivity index (χ4v) is 6.49. The summed E-state index contributed by atoms with van der Waals surface area (Å²) < 4.78 is 10.2. The number of carbonyl (C=O) groups is 1. The van der Waals surface area contributed by atoms with Crippen molar-refractivity contribution in [1.29, 1.82) is 0 Å².